The number of benzene rings is 1. The van der Waals surface area contributed by atoms with Crippen molar-refractivity contribution in [2.45, 2.75) is 13.5 Å². The Morgan fingerprint density at radius 3 is 2.57 bits per heavy atom. The van der Waals surface area contributed by atoms with Crippen LogP contribution in [-0.4, -0.2) is 34.1 Å². The highest BCUT2D eigenvalue weighted by Crippen LogP contribution is 2.26. The fourth-order valence-corrected chi connectivity index (χ4v) is 1.81. The number of nitrogens with zero attached hydrogens (tertiary/aromatic N) is 2. The summed E-state index contributed by atoms with van der Waals surface area (Å²) in [5.74, 6) is 0.165. The van der Waals surface area contributed by atoms with Gasteiger partial charge in [-0.15, -0.1) is 0 Å². The number of ether oxygens (including phenoxy) is 2. The number of carbonyl (C=O) groups is 1. The number of nitrogens with two attached hydrogens (primary N) is 1. The lowest BCUT2D eigenvalue weighted by Gasteiger charge is -2.11. The standard InChI is InChI=1S/C14H17N3O4/c1-2-20-11-5-3-4-6-12(11)21-8-7-17-9-10(15)13(16-17)14(18)19/h3-6,9H,2,7-8,15H2,1H3,(H,18,19). The Labute approximate surface area is 121 Å². The largest absolute Gasteiger partial charge is 0.490 e. The molecule has 0 bridgehead atoms. The van der Waals surface area contributed by atoms with Crippen molar-refractivity contribution < 1.29 is 19.4 Å². The van der Waals surface area contributed by atoms with Crippen LogP contribution < -0.4 is 15.2 Å². The van der Waals surface area contributed by atoms with Gasteiger partial charge < -0.3 is 20.3 Å². The second-order valence-corrected chi connectivity index (χ2v) is 4.23. The van der Waals surface area contributed by atoms with Crippen LogP contribution in [0.1, 0.15) is 17.4 Å². The lowest BCUT2D eigenvalue weighted by Crippen LogP contribution is -2.10. The van der Waals surface area contributed by atoms with E-state index in [1.807, 2.05) is 31.2 Å². The maximum absolute atomic E-state index is 10.8. The van der Waals surface area contributed by atoms with Gasteiger partial charge >= 0.3 is 5.97 Å². The van der Waals surface area contributed by atoms with Crippen molar-refractivity contribution in [3.05, 3.63) is 36.2 Å². The first-order valence-electron chi connectivity index (χ1n) is 6.52. The summed E-state index contributed by atoms with van der Waals surface area (Å²) in [5.41, 5.74) is 5.55. The van der Waals surface area contributed by atoms with Crippen LogP contribution in [0.4, 0.5) is 5.69 Å². The molecule has 1 aromatic heterocycles. The molecule has 0 radical (unpaired) electrons. The van der Waals surface area contributed by atoms with Gasteiger partial charge in [0.1, 0.15) is 6.61 Å². The zero-order valence-electron chi connectivity index (χ0n) is 11.7. The van der Waals surface area contributed by atoms with Gasteiger partial charge in [0.25, 0.3) is 0 Å². The SMILES string of the molecule is CCOc1ccccc1OCCn1cc(N)c(C(=O)O)n1. The minimum Gasteiger partial charge on any atom is -0.490 e. The van der Waals surface area contributed by atoms with Gasteiger partial charge in [0.2, 0.25) is 0 Å². The summed E-state index contributed by atoms with van der Waals surface area (Å²) in [4.78, 5) is 10.8. The van der Waals surface area contributed by atoms with E-state index < -0.39 is 5.97 Å². The first kappa shape index (κ1) is 14.7. The highest BCUT2D eigenvalue weighted by atomic mass is 16.5. The quantitative estimate of drug-likeness (QED) is 0.804. The molecular formula is C14H17N3O4. The van der Waals surface area contributed by atoms with E-state index in [9.17, 15) is 4.79 Å². The lowest BCUT2D eigenvalue weighted by molar-refractivity contribution is 0.0690. The minimum absolute atomic E-state index is 0.136. The predicted molar refractivity (Wildman–Crippen MR) is 76.7 cm³/mol. The van der Waals surface area contributed by atoms with Crippen LogP contribution in [0, 0.1) is 0 Å². The van der Waals surface area contributed by atoms with Crippen molar-refractivity contribution in [1.82, 2.24) is 9.78 Å². The third kappa shape index (κ3) is 3.65. The van der Waals surface area contributed by atoms with Crippen molar-refractivity contribution >= 4 is 11.7 Å². The Balaban J connectivity index is 1.95. The van der Waals surface area contributed by atoms with Crippen LogP contribution in [0.2, 0.25) is 0 Å². The van der Waals surface area contributed by atoms with Crippen molar-refractivity contribution in [3.8, 4) is 11.5 Å². The summed E-state index contributed by atoms with van der Waals surface area (Å²) >= 11 is 0. The maximum Gasteiger partial charge on any atom is 0.358 e. The second-order valence-electron chi connectivity index (χ2n) is 4.23. The highest BCUT2D eigenvalue weighted by molar-refractivity contribution is 5.91. The maximum atomic E-state index is 10.8. The van der Waals surface area contributed by atoms with E-state index in [0.717, 1.165) is 0 Å². The van der Waals surface area contributed by atoms with Crippen molar-refractivity contribution in [2.24, 2.45) is 0 Å². The average Bonchev–Trinajstić information content (AvgIpc) is 2.82. The van der Waals surface area contributed by atoms with E-state index in [4.69, 9.17) is 20.3 Å². The normalized spacial score (nSPS) is 10.3. The molecule has 0 saturated carbocycles. The molecule has 0 unspecified atom stereocenters. The highest BCUT2D eigenvalue weighted by Gasteiger charge is 2.13. The van der Waals surface area contributed by atoms with Crippen molar-refractivity contribution in [2.75, 3.05) is 18.9 Å². The number of carboxylic acids is 1. The zero-order chi connectivity index (χ0) is 15.2. The average molecular weight is 291 g/mol. The molecule has 0 aliphatic carbocycles. The predicted octanol–water partition coefficient (Wildman–Crippen LogP) is 1.64. The van der Waals surface area contributed by atoms with Gasteiger partial charge in [0, 0.05) is 6.20 Å². The molecule has 0 aliphatic heterocycles. The molecule has 0 fully saturated rings. The molecule has 0 spiro atoms. The summed E-state index contributed by atoms with van der Waals surface area (Å²) in [6.45, 7) is 3.16. The first-order valence-corrected chi connectivity index (χ1v) is 6.52. The molecular weight excluding hydrogens is 274 g/mol. The van der Waals surface area contributed by atoms with Crippen LogP contribution in [0.3, 0.4) is 0 Å². The smallest absolute Gasteiger partial charge is 0.358 e. The second kappa shape index (κ2) is 6.65. The molecule has 1 heterocycles. The van der Waals surface area contributed by atoms with Gasteiger partial charge in [0.15, 0.2) is 17.2 Å². The van der Waals surface area contributed by atoms with Crippen LogP contribution in [0.15, 0.2) is 30.5 Å². The van der Waals surface area contributed by atoms with E-state index in [1.54, 1.807) is 0 Å². The minimum atomic E-state index is -1.14. The van der Waals surface area contributed by atoms with E-state index in [-0.39, 0.29) is 11.4 Å². The monoisotopic (exact) mass is 291 g/mol. The van der Waals surface area contributed by atoms with Gasteiger partial charge in [-0.2, -0.15) is 5.10 Å². The number of nitrogen functional groups attached to an aromatic ring is 1. The third-order valence-corrected chi connectivity index (χ3v) is 2.72. The molecule has 2 rings (SSSR count). The Kier molecular flexibility index (Phi) is 4.65. The Morgan fingerprint density at radius 1 is 1.33 bits per heavy atom. The van der Waals surface area contributed by atoms with E-state index >= 15 is 0 Å². The van der Waals surface area contributed by atoms with Crippen molar-refractivity contribution in [1.29, 1.82) is 0 Å². The van der Waals surface area contributed by atoms with Gasteiger partial charge in [-0.1, -0.05) is 12.1 Å². The lowest BCUT2D eigenvalue weighted by atomic mass is 10.3. The zero-order valence-corrected chi connectivity index (χ0v) is 11.7. The van der Waals surface area contributed by atoms with Crippen LogP contribution in [0.25, 0.3) is 0 Å². The van der Waals surface area contributed by atoms with Gasteiger partial charge in [-0.05, 0) is 19.1 Å². The molecule has 112 valence electrons. The van der Waals surface area contributed by atoms with Crippen LogP contribution >= 0.6 is 0 Å². The fourth-order valence-electron chi connectivity index (χ4n) is 1.81. The molecule has 1 aromatic carbocycles. The molecule has 0 atom stereocenters. The Hall–Kier alpha value is -2.70. The van der Waals surface area contributed by atoms with Gasteiger partial charge in [-0.25, -0.2) is 4.79 Å². The molecule has 0 aliphatic rings. The molecule has 3 N–H and O–H groups in total. The van der Waals surface area contributed by atoms with Crippen LogP contribution in [-0.2, 0) is 6.54 Å². The summed E-state index contributed by atoms with van der Waals surface area (Å²) in [5, 5.41) is 12.8. The van der Waals surface area contributed by atoms with Gasteiger partial charge in [0.05, 0.1) is 18.8 Å². The summed E-state index contributed by atoms with van der Waals surface area (Å²) < 4.78 is 12.5. The number of anilines is 1. The summed E-state index contributed by atoms with van der Waals surface area (Å²) in [6, 6.07) is 7.36. The Bertz CT molecular complexity index is 624. The van der Waals surface area contributed by atoms with E-state index in [0.29, 0.717) is 31.3 Å². The number of aromatic nitrogens is 2. The summed E-state index contributed by atoms with van der Waals surface area (Å²) in [6.07, 6.45) is 1.47. The van der Waals surface area contributed by atoms with E-state index in [2.05, 4.69) is 5.10 Å². The first-order chi connectivity index (χ1) is 10.1. The van der Waals surface area contributed by atoms with Crippen LogP contribution in [0.5, 0.6) is 11.5 Å². The third-order valence-electron chi connectivity index (χ3n) is 2.72. The molecule has 21 heavy (non-hydrogen) atoms. The number of aromatic carboxylic acids is 1. The molecule has 0 amide bonds. The summed E-state index contributed by atoms with van der Waals surface area (Å²) in [7, 11) is 0. The number of carboxylic acid groups (broad SMARTS) is 1. The van der Waals surface area contributed by atoms with Gasteiger partial charge in [-0.3, -0.25) is 4.68 Å². The van der Waals surface area contributed by atoms with E-state index in [1.165, 1.54) is 10.9 Å². The molecule has 0 saturated heterocycles. The molecule has 7 nitrogen and oxygen atoms in total. The number of para-hydroxylation sites is 2. The Morgan fingerprint density at radius 2 is 2.00 bits per heavy atom. The molecule has 2 aromatic rings. The molecule has 7 heteroatoms. The van der Waals surface area contributed by atoms with Crippen molar-refractivity contribution in [3.63, 3.8) is 0 Å². The number of hydrogen-bond donors (Lipinski definition) is 2. The topological polar surface area (TPSA) is 99.6 Å². The fraction of sp³-hybridized carbons (Fsp3) is 0.286. The number of rotatable bonds is 7. The number of hydrogen-bond acceptors (Lipinski definition) is 5.